The molecule has 3 heteroatoms. The molecule has 1 saturated heterocycles. The van der Waals surface area contributed by atoms with E-state index in [1.165, 1.54) is 5.56 Å². The molecule has 0 atom stereocenters. The van der Waals surface area contributed by atoms with Crippen molar-refractivity contribution in [3.63, 3.8) is 0 Å². The second-order valence-electron chi connectivity index (χ2n) is 5.86. The minimum absolute atomic E-state index is 0.154. The van der Waals surface area contributed by atoms with Gasteiger partial charge in [0, 0.05) is 18.7 Å². The van der Waals surface area contributed by atoms with E-state index in [0.717, 1.165) is 37.9 Å². The Morgan fingerprint density at radius 3 is 2.32 bits per heavy atom. The Kier molecular flexibility index (Phi) is 4.25. The van der Waals surface area contributed by atoms with Gasteiger partial charge >= 0.3 is 0 Å². The average Bonchev–Trinajstić information content (AvgIpc) is 2.47. The molecule has 0 spiro atoms. The summed E-state index contributed by atoms with van der Waals surface area (Å²) in [6.45, 7) is 6.68. The molecular weight excluding hydrogens is 236 g/mol. The van der Waals surface area contributed by atoms with Crippen molar-refractivity contribution in [2.24, 2.45) is 11.1 Å². The molecule has 2 N–H and O–H groups in total. The Balaban J connectivity index is 2.00. The number of hydrogen-bond acceptors (Lipinski definition) is 2. The number of piperidine rings is 1. The zero-order chi connectivity index (χ0) is 13.9. The maximum atomic E-state index is 12.4. The molecule has 2 rings (SSSR count). The number of nitrogens with two attached hydrogens (primary N) is 1. The normalized spacial score (nSPS) is 18.4. The maximum absolute atomic E-state index is 12.4. The lowest BCUT2D eigenvalue weighted by Gasteiger charge is -2.38. The van der Waals surface area contributed by atoms with Gasteiger partial charge in [-0.2, -0.15) is 0 Å². The van der Waals surface area contributed by atoms with Gasteiger partial charge < -0.3 is 10.6 Å². The highest BCUT2D eigenvalue weighted by molar-refractivity contribution is 5.94. The Hall–Kier alpha value is -1.35. The quantitative estimate of drug-likeness (QED) is 0.907. The molecule has 0 saturated carbocycles. The summed E-state index contributed by atoms with van der Waals surface area (Å²) in [5.41, 5.74) is 8.08. The third-order valence-corrected chi connectivity index (χ3v) is 4.36. The minimum Gasteiger partial charge on any atom is -0.339 e. The molecule has 0 aliphatic carbocycles. The van der Waals surface area contributed by atoms with Gasteiger partial charge in [-0.15, -0.1) is 0 Å². The summed E-state index contributed by atoms with van der Waals surface area (Å²) in [5, 5.41) is 0. The number of aryl methyl sites for hydroxylation is 1. The minimum atomic E-state index is 0.154. The van der Waals surface area contributed by atoms with Gasteiger partial charge in [-0.3, -0.25) is 4.79 Å². The van der Waals surface area contributed by atoms with Gasteiger partial charge in [0.05, 0.1) is 0 Å². The standard InChI is InChI=1S/C16H24N2O/c1-3-13-4-6-14(7-5-13)15(19)18-10-8-16(2,12-17)9-11-18/h4-7H,3,8-12,17H2,1-2H3. The fourth-order valence-corrected chi connectivity index (χ4v) is 2.52. The van der Waals surface area contributed by atoms with Gasteiger partial charge in [-0.25, -0.2) is 0 Å². The van der Waals surface area contributed by atoms with Crippen LogP contribution in [-0.4, -0.2) is 30.4 Å². The van der Waals surface area contributed by atoms with E-state index in [0.29, 0.717) is 6.54 Å². The summed E-state index contributed by atoms with van der Waals surface area (Å²) >= 11 is 0. The summed E-state index contributed by atoms with van der Waals surface area (Å²) in [6.07, 6.45) is 3.01. The van der Waals surface area contributed by atoms with E-state index in [1.54, 1.807) is 0 Å². The first-order valence-corrected chi connectivity index (χ1v) is 7.16. The van der Waals surface area contributed by atoms with E-state index < -0.39 is 0 Å². The van der Waals surface area contributed by atoms with Gasteiger partial charge in [-0.05, 0) is 48.9 Å². The largest absolute Gasteiger partial charge is 0.339 e. The molecule has 1 aromatic rings. The van der Waals surface area contributed by atoms with Crippen molar-refractivity contribution in [3.05, 3.63) is 35.4 Å². The lowest BCUT2D eigenvalue weighted by molar-refractivity contribution is 0.0617. The number of amides is 1. The summed E-state index contributed by atoms with van der Waals surface area (Å²) in [7, 11) is 0. The first-order valence-electron chi connectivity index (χ1n) is 7.16. The Bertz CT molecular complexity index is 431. The number of carbonyl (C=O) groups excluding carboxylic acids is 1. The summed E-state index contributed by atoms with van der Waals surface area (Å²) in [4.78, 5) is 14.4. The third-order valence-electron chi connectivity index (χ3n) is 4.36. The zero-order valence-corrected chi connectivity index (χ0v) is 12.0. The SMILES string of the molecule is CCc1ccc(C(=O)N2CCC(C)(CN)CC2)cc1. The molecule has 104 valence electrons. The van der Waals surface area contributed by atoms with Crippen LogP contribution in [0.2, 0.25) is 0 Å². The number of nitrogens with zero attached hydrogens (tertiary/aromatic N) is 1. The van der Waals surface area contributed by atoms with Crippen LogP contribution in [0.5, 0.6) is 0 Å². The predicted octanol–water partition coefficient (Wildman–Crippen LogP) is 2.45. The van der Waals surface area contributed by atoms with Crippen LogP contribution in [0.1, 0.15) is 42.6 Å². The number of likely N-dealkylation sites (tertiary alicyclic amines) is 1. The fourth-order valence-electron chi connectivity index (χ4n) is 2.52. The van der Waals surface area contributed by atoms with Crippen LogP contribution in [-0.2, 0) is 6.42 Å². The van der Waals surface area contributed by atoms with Gasteiger partial charge in [0.2, 0.25) is 0 Å². The topological polar surface area (TPSA) is 46.3 Å². The fraction of sp³-hybridized carbons (Fsp3) is 0.562. The highest BCUT2D eigenvalue weighted by Crippen LogP contribution is 2.30. The van der Waals surface area contributed by atoms with Crippen LogP contribution in [0.15, 0.2) is 24.3 Å². The van der Waals surface area contributed by atoms with Gasteiger partial charge in [-0.1, -0.05) is 26.0 Å². The average molecular weight is 260 g/mol. The van der Waals surface area contributed by atoms with E-state index >= 15 is 0 Å². The van der Waals surface area contributed by atoms with Crippen molar-refractivity contribution in [2.45, 2.75) is 33.1 Å². The third kappa shape index (κ3) is 3.16. The summed E-state index contributed by atoms with van der Waals surface area (Å²) in [5.74, 6) is 0.154. The second-order valence-corrected chi connectivity index (χ2v) is 5.86. The number of carbonyl (C=O) groups is 1. The Morgan fingerprint density at radius 1 is 1.26 bits per heavy atom. The van der Waals surface area contributed by atoms with Crippen molar-refractivity contribution < 1.29 is 4.79 Å². The molecule has 0 bridgehead atoms. The lowest BCUT2D eigenvalue weighted by Crippen LogP contribution is -2.44. The van der Waals surface area contributed by atoms with Crippen LogP contribution in [0.4, 0.5) is 0 Å². The second kappa shape index (κ2) is 5.74. The molecule has 1 amide bonds. The molecule has 1 aliphatic rings. The van der Waals surface area contributed by atoms with Crippen molar-refractivity contribution >= 4 is 5.91 Å². The Labute approximate surface area is 115 Å². The van der Waals surface area contributed by atoms with Gasteiger partial charge in [0.1, 0.15) is 0 Å². The van der Waals surface area contributed by atoms with Crippen LogP contribution in [0.25, 0.3) is 0 Å². The van der Waals surface area contributed by atoms with Crippen molar-refractivity contribution in [2.75, 3.05) is 19.6 Å². The van der Waals surface area contributed by atoms with Gasteiger partial charge in [0.25, 0.3) is 5.91 Å². The highest BCUT2D eigenvalue weighted by atomic mass is 16.2. The van der Waals surface area contributed by atoms with E-state index in [2.05, 4.69) is 13.8 Å². The number of benzene rings is 1. The van der Waals surface area contributed by atoms with Gasteiger partial charge in [0.15, 0.2) is 0 Å². The van der Waals surface area contributed by atoms with Crippen LogP contribution in [0, 0.1) is 5.41 Å². The summed E-state index contributed by atoms with van der Waals surface area (Å²) < 4.78 is 0. The number of hydrogen-bond donors (Lipinski definition) is 1. The monoisotopic (exact) mass is 260 g/mol. The van der Waals surface area contributed by atoms with Crippen molar-refractivity contribution in [3.8, 4) is 0 Å². The Morgan fingerprint density at radius 2 is 1.84 bits per heavy atom. The summed E-state index contributed by atoms with van der Waals surface area (Å²) in [6, 6.07) is 7.97. The zero-order valence-electron chi connectivity index (χ0n) is 12.0. The lowest BCUT2D eigenvalue weighted by atomic mass is 9.80. The van der Waals surface area contributed by atoms with Crippen molar-refractivity contribution in [1.29, 1.82) is 0 Å². The molecule has 1 aromatic carbocycles. The van der Waals surface area contributed by atoms with Crippen molar-refractivity contribution in [1.82, 2.24) is 4.90 Å². The first kappa shape index (κ1) is 14.1. The highest BCUT2D eigenvalue weighted by Gasteiger charge is 2.30. The molecule has 0 unspecified atom stereocenters. The van der Waals surface area contributed by atoms with E-state index in [4.69, 9.17) is 5.73 Å². The molecule has 1 aliphatic heterocycles. The molecule has 19 heavy (non-hydrogen) atoms. The van der Waals surface area contributed by atoms with E-state index in [-0.39, 0.29) is 11.3 Å². The number of rotatable bonds is 3. The molecule has 1 fully saturated rings. The molecule has 1 heterocycles. The maximum Gasteiger partial charge on any atom is 0.253 e. The smallest absolute Gasteiger partial charge is 0.253 e. The molecule has 3 nitrogen and oxygen atoms in total. The van der Waals surface area contributed by atoms with E-state index in [9.17, 15) is 4.79 Å². The van der Waals surface area contributed by atoms with E-state index in [1.807, 2.05) is 29.2 Å². The predicted molar refractivity (Wildman–Crippen MR) is 78.1 cm³/mol. The molecule has 0 radical (unpaired) electrons. The van der Waals surface area contributed by atoms with Crippen LogP contribution in [0.3, 0.4) is 0 Å². The molecular formula is C16H24N2O. The van der Waals surface area contributed by atoms with Crippen LogP contribution < -0.4 is 5.73 Å². The first-order chi connectivity index (χ1) is 9.08. The molecule has 0 aromatic heterocycles. The van der Waals surface area contributed by atoms with Crippen LogP contribution >= 0.6 is 0 Å².